The van der Waals surface area contributed by atoms with Gasteiger partial charge in [0.2, 0.25) is 0 Å². The predicted molar refractivity (Wildman–Crippen MR) is 45.6 cm³/mol. The SMILES string of the molecule is CO[C@@H]1CN(C(=O)O)CC[C@@H]1CO. The molecule has 1 fully saturated rings. The zero-order chi connectivity index (χ0) is 9.84. The van der Waals surface area contributed by atoms with E-state index in [-0.39, 0.29) is 18.6 Å². The number of likely N-dealkylation sites (tertiary alicyclic amines) is 1. The molecule has 0 bridgehead atoms. The van der Waals surface area contributed by atoms with Crippen LogP contribution in [-0.4, -0.2) is 54.1 Å². The molecule has 0 aliphatic carbocycles. The molecule has 1 saturated heterocycles. The molecule has 1 aliphatic rings. The predicted octanol–water partition coefficient (Wildman–Crippen LogP) is -0.00640. The summed E-state index contributed by atoms with van der Waals surface area (Å²) in [4.78, 5) is 11.9. The van der Waals surface area contributed by atoms with Gasteiger partial charge in [0.1, 0.15) is 0 Å². The van der Waals surface area contributed by atoms with E-state index >= 15 is 0 Å². The molecule has 76 valence electrons. The molecule has 1 amide bonds. The molecule has 0 aromatic heterocycles. The van der Waals surface area contributed by atoms with Crippen LogP contribution >= 0.6 is 0 Å². The van der Waals surface area contributed by atoms with E-state index in [4.69, 9.17) is 14.9 Å². The van der Waals surface area contributed by atoms with Crippen LogP contribution in [0.2, 0.25) is 0 Å². The van der Waals surface area contributed by atoms with Gasteiger partial charge in [0.15, 0.2) is 0 Å². The third-order valence-corrected chi connectivity index (χ3v) is 2.50. The molecule has 0 spiro atoms. The normalized spacial score (nSPS) is 28.9. The summed E-state index contributed by atoms with van der Waals surface area (Å²) in [6, 6.07) is 0. The summed E-state index contributed by atoms with van der Waals surface area (Å²) in [6.45, 7) is 0.906. The summed E-state index contributed by atoms with van der Waals surface area (Å²) in [5.74, 6) is 0.0700. The van der Waals surface area contributed by atoms with Gasteiger partial charge in [-0.25, -0.2) is 4.79 Å². The first-order chi connectivity index (χ1) is 6.19. The number of ether oxygens (including phenoxy) is 1. The molecular formula is C8H15NO4. The van der Waals surface area contributed by atoms with Crippen LogP contribution < -0.4 is 0 Å². The zero-order valence-electron chi connectivity index (χ0n) is 7.64. The second-order valence-electron chi connectivity index (χ2n) is 3.23. The summed E-state index contributed by atoms with van der Waals surface area (Å²) in [5, 5.41) is 17.7. The number of methoxy groups -OCH3 is 1. The van der Waals surface area contributed by atoms with Gasteiger partial charge < -0.3 is 19.8 Å². The van der Waals surface area contributed by atoms with E-state index < -0.39 is 6.09 Å². The Bertz CT molecular complexity index is 185. The molecule has 0 radical (unpaired) electrons. The van der Waals surface area contributed by atoms with E-state index in [1.807, 2.05) is 0 Å². The molecular weight excluding hydrogens is 174 g/mol. The Labute approximate surface area is 76.9 Å². The van der Waals surface area contributed by atoms with Crippen LogP contribution in [0.25, 0.3) is 0 Å². The van der Waals surface area contributed by atoms with Gasteiger partial charge in [0, 0.05) is 26.2 Å². The van der Waals surface area contributed by atoms with Crippen molar-refractivity contribution >= 4 is 6.09 Å². The maximum atomic E-state index is 10.6. The van der Waals surface area contributed by atoms with Gasteiger partial charge in [-0.3, -0.25) is 0 Å². The van der Waals surface area contributed by atoms with Crippen molar-refractivity contribution in [3.8, 4) is 0 Å². The van der Waals surface area contributed by atoms with Crippen molar-refractivity contribution in [1.82, 2.24) is 4.90 Å². The highest BCUT2D eigenvalue weighted by Gasteiger charge is 2.30. The highest BCUT2D eigenvalue weighted by molar-refractivity contribution is 5.65. The van der Waals surface area contributed by atoms with Gasteiger partial charge in [-0.15, -0.1) is 0 Å². The van der Waals surface area contributed by atoms with E-state index in [1.54, 1.807) is 7.11 Å². The third kappa shape index (κ3) is 2.32. The first-order valence-corrected chi connectivity index (χ1v) is 4.30. The highest BCUT2D eigenvalue weighted by Crippen LogP contribution is 2.19. The smallest absolute Gasteiger partial charge is 0.407 e. The van der Waals surface area contributed by atoms with Gasteiger partial charge in [0.25, 0.3) is 0 Å². The van der Waals surface area contributed by atoms with Crippen LogP contribution in [0.3, 0.4) is 0 Å². The van der Waals surface area contributed by atoms with Gasteiger partial charge in [-0.05, 0) is 6.42 Å². The van der Waals surface area contributed by atoms with Crippen molar-refractivity contribution in [2.45, 2.75) is 12.5 Å². The maximum Gasteiger partial charge on any atom is 0.407 e. The van der Waals surface area contributed by atoms with Gasteiger partial charge in [-0.1, -0.05) is 0 Å². The molecule has 13 heavy (non-hydrogen) atoms. The first-order valence-electron chi connectivity index (χ1n) is 4.30. The second kappa shape index (κ2) is 4.43. The average molecular weight is 189 g/mol. The van der Waals surface area contributed by atoms with Crippen molar-refractivity contribution in [2.75, 3.05) is 26.8 Å². The number of hydrogen-bond donors (Lipinski definition) is 2. The number of carbonyl (C=O) groups is 1. The number of piperidine rings is 1. The lowest BCUT2D eigenvalue weighted by molar-refractivity contribution is -0.0246. The summed E-state index contributed by atoms with van der Waals surface area (Å²) >= 11 is 0. The van der Waals surface area contributed by atoms with Crippen molar-refractivity contribution in [3.05, 3.63) is 0 Å². The molecule has 1 heterocycles. The largest absolute Gasteiger partial charge is 0.465 e. The fraction of sp³-hybridized carbons (Fsp3) is 0.875. The Morgan fingerprint density at radius 3 is 2.85 bits per heavy atom. The van der Waals surface area contributed by atoms with Gasteiger partial charge in [-0.2, -0.15) is 0 Å². The summed E-state index contributed by atoms with van der Waals surface area (Å²) in [6.07, 6.45) is -0.422. The number of aliphatic hydroxyl groups excluding tert-OH is 1. The van der Waals surface area contributed by atoms with Crippen LogP contribution in [0.5, 0.6) is 0 Å². The summed E-state index contributed by atoms with van der Waals surface area (Å²) < 4.78 is 5.11. The summed E-state index contributed by atoms with van der Waals surface area (Å²) in [5.41, 5.74) is 0. The van der Waals surface area contributed by atoms with Crippen LogP contribution in [0, 0.1) is 5.92 Å². The molecule has 5 nitrogen and oxygen atoms in total. The first kappa shape index (κ1) is 10.3. The Kier molecular flexibility index (Phi) is 3.50. The molecule has 2 N–H and O–H groups in total. The lowest BCUT2D eigenvalue weighted by Gasteiger charge is -2.35. The minimum Gasteiger partial charge on any atom is -0.465 e. The fourth-order valence-electron chi connectivity index (χ4n) is 1.61. The number of carboxylic acid groups (broad SMARTS) is 1. The molecule has 5 heteroatoms. The maximum absolute atomic E-state index is 10.6. The third-order valence-electron chi connectivity index (χ3n) is 2.50. The molecule has 0 aromatic carbocycles. The zero-order valence-corrected chi connectivity index (χ0v) is 7.64. The quantitative estimate of drug-likeness (QED) is 0.641. The molecule has 0 aromatic rings. The number of nitrogens with zero attached hydrogens (tertiary/aromatic N) is 1. The minimum atomic E-state index is -0.918. The number of rotatable bonds is 2. The second-order valence-corrected chi connectivity index (χ2v) is 3.23. The number of hydrogen-bond acceptors (Lipinski definition) is 3. The van der Waals surface area contributed by atoms with Crippen LogP contribution in [-0.2, 0) is 4.74 Å². The topological polar surface area (TPSA) is 70.0 Å². The standard InChI is InChI=1S/C8H15NO4/c1-13-7-4-9(8(11)12)3-2-6(7)5-10/h6-7,10H,2-5H2,1H3,(H,11,12)/t6-,7-/m1/s1. The number of aliphatic hydroxyl groups is 1. The minimum absolute atomic E-state index is 0.0615. The summed E-state index contributed by atoms with van der Waals surface area (Å²) in [7, 11) is 1.54. The van der Waals surface area contributed by atoms with Gasteiger partial charge in [0.05, 0.1) is 12.6 Å². The van der Waals surface area contributed by atoms with Crippen molar-refractivity contribution in [1.29, 1.82) is 0 Å². The van der Waals surface area contributed by atoms with Crippen molar-refractivity contribution in [2.24, 2.45) is 5.92 Å². The van der Waals surface area contributed by atoms with E-state index in [2.05, 4.69) is 0 Å². The monoisotopic (exact) mass is 189 g/mol. The van der Waals surface area contributed by atoms with Crippen LogP contribution in [0.4, 0.5) is 4.79 Å². The fourth-order valence-corrected chi connectivity index (χ4v) is 1.61. The Morgan fingerprint density at radius 2 is 2.38 bits per heavy atom. The van der Waals surface area contributed by atoms with Gasteiger partial charge >= 0.3 is 6.09 Å². The molecule has 0 unspecified atom stereocenters. The highest BCUT2D eigenvalue weighted by atomic mass is 16.5. The van der Waals surface area contributed by atoms with E-state index in [0.29, 0.717) is 19.5 Å². The molecule has 2 atom stereocenters. The lowest BCUT2D eigenvalue weighted by atomic mass is 9.95. The van der Waals surface area contributed by atoms with E-state index in [0.717, 1.165) is 0 Å². The average Bonchev–Trinajstić information content (AvgIpc) is 2.16. The van der Waals surface area contributed by atoms with E-state index in [1.165, 1.54) is 4.90 Å². The van der Waals surface area contributed by atoms with Crippen molar-refractivity contribution in [3.63, 3.8) is 0 Å². The van der Waals surface area contributed by atoms with Crippen molar-refractivity contribution < 1.29 is 19.7 Å². The van der Waals surface area contributed by atoms with Crippen LogP contribution in [0.1, 0.15) is 6.42 Å². The lowest BCUT2D eigenvalue weighted by Crippen LogP contribution is -2.47. The molecule has 1 rings (SSSR count). The van der Waals surface area contributed by atoms with E-state index in [9.17, 15) is 4.79 Å². The number of amides is 1. The Balaban J connectivity index is 2.52. The molecule has 1 aliphatic heterocycles. The Hall–Kier alpha value is -0.810. The Morgan fingerprint density at radius 1 is 1.69 bits per heavy atom. The van der Waals surface area contributed by atoms with Crippen LogP contribution in [0.15, 0.2) is 0 Å². The molecule has 0 saturated carbocycles.